The second-order valence-corrected chi connectivity index (χ2v) is 3.25. The molecule has 0 saturated heterocycles. The Labute approximate surface area is 80.7 Å². The van der Waals surface area contributed by atoms with Crippen LogP contribution in [0.3, 0.4) is 0 Å². The second-order valence-electron chi connectivity index (χ2n) is 3.25. The molecule has 0 heterocycles. The van der Waals surface area contributed by atoms with Gasteiger partial charge in [0, 0.05) is 13.6 Å². The normalized spacial score (nSPS) is 9.62. The number of nitrogens with zero attached hydrogens (tertiary/aromatic N) is 1. The Bertz CT molecular complexity index is 241. The highest BCUT2D eigenvalue weighted by Gasteiger charge is 1.93. The lowest BCUT2D eigenvalue weighted by molar-refractivity contribution is 0.445. The number of aryl methyl sites for hydroxylation is 1. The van der Waals surface area contributed by atoms with Crippen molar-refractivity contribution in [2.24, 2.45) is 0 Å². The predicted octanol–water partition coefficient (Wildman–Crippen LogP) is 2.69. The number of hydrogen-bond donors (Lipinski definition) is 0. The van der Waals surface area contributed by atoms with Crippen LogP contribution in [0.25, 0.3) is 0 Å². The van der Waals surface area contributed by atoms with Gasteiger partial charge in [-0.1, -0.05) is 36.9 Å². The summed E-state index contributed by atoms with van der Waals surface area (Å²) in [7, 11) is 2.05. The molecule has 1 aromatic rings. The van der Waals surface area contributed by atoms with E-state index in [1.54, 1.807) is 0 Å². The number of benzene rings is 1. The van der Waals surface area contributed by atoms with Crippen molar-refractivity contribution in [3.8, 4) is 0 Å². The Morgan fingerprint density at radius 3 is 2.62 bits per heavy atom. The fourth-order valence-corrected chi connectivity index (χ4v) is 1.27. The van der Waals surface area contributed by atoms with Crippen LogP contribution < -0.4 is 0 Å². The number of hydrogen-bond acceptors (Lipinski definition) is 1. The van der Waals surface area contributed by atoms with Crippen LogP contribution in [-0.4, -0.2) is 18.5 Å². The molecule has 0 spiro atoms. The van der Waals surface area contributed by atoms with Crippen LogP contribution in [0.4, 0.5) is 0 Å². The van der Waals surface area contributed by atoms with Gasteiger partial charge in [-0.15, -0.1) is 0 Å². The molecule has 0 aliphatic heterocycles. The van der Waals surface area contributed by atoms with E-state index in [0.29, 0.717) is 0 Å². The minimum absolute atomic E-state index is 1.08. The van der Waals surface area contributed by atoms with Gasteiger partial charge in [0.2, 0.25) is 0 Å². The highest BCUT2D eigenvalue weighted by molar-refractivity contribution is 5.14. The Kier molecular flexibility index (Phi) is 4.10. The monoisotopic (exact) mass is 175 g/mol. The van der Waals surface area contributed by atoms with Gasteiger partial charge in [-0.05, 0) is 24.6 Å². The Balaban J connectivity index is 2.24. The second kappa shape index (κ2) is 5.41. The molecule has 0 atom stereocenters. The van der Waals surface area contributed by atoms with Crippen molar-refractivity contribution in [1.82, 2.24) is 4.90 Å². The molecule has 0 saturated carbocycles. The van der Waals surface area contributed by atoms with E-state index in [2.05, 4.69) is 48.9 Å². The SMILES string of the molecule is C=CN(C)CCCc1ccccc1. The molecule has 0 aliphatic rings. The first-order valence-electron chi connectivity index (χ1n) is 4.69. The standard InChI is InChI=1S/C12H17N/c1-3-13(2)11-7-10-12-8-5-4-6-9-12/h3-6,8-9H,1,7,10-11H2,2H3. The average Bonchev–Trinajstić information content (AvgIpc) is 2.19. The topological polar surface area (TPSA) is 3.24 Å². The van der Waals surface area contributed by atoms with Crippen molar-refractivity contribution in [2.75, 3.05) is 13.6 Å². The molecule has 0 aromatic heterocycles. The van der Waals surface area contributed by atoms with Gasteiger partial charge in [0.15, 0.2) is 0 Å². The van der Waals surface area contributed by atoms with E-state index in [1.807, 2.05) is 6.20 Å². The van der Waals surface area contributed by atoms with Crippen LogP contribution in [0, 0.1) is 0 Å². The van der Waals surface area contributed by atoms with Crippen molar-refractivity contribution in [3.05, 3.63) is 48.7 Å². The van der Waals surface area contributed by atoms with Crippen molar-refractivity contribution in [2.45, 2.75) is 12.8 Å². The van der Waals surface area contributed by atoms with Crippen LogP contribution in [0.1, 0.15) is 12.0 Å². The minimum Gasteiger partial charge on any atom is -0.381 e. The van der Waals surface area contributed by atoms with Gasteiger partial charge in [-0.2, -0.15) is 0 Å². The Morgan fingerprint density at radius 1 is 1.31 bits per heavy atom. The third kappa shape index (κ3) is 3.79. The zero-order chi connectivity index (χ0) is 9.52. The molecule has 0 unspecified atom stereocenters. The van der Waals surface area contributed by atoms with Crippen LogP contribution in [0.15, 0.2) is 43.1 Å². The Hall–Kier alpha value is -1.24. The van der Waals surface area contributed by atoms with E-state index in [0.717, 1.165) is 13.0 Å². The summed E-state index contributed by atoms with van der Waals surface area (Å²) in [6.45, 7) is 4.79. The first-order valence-corrected chi connectivity index (χ1v) is 4.69. The third-order valence-corrected chi connectivity index (χ3v) is 2.13. The van der Waals surface area contributed by atoms with Gasteiger partial charge >= 0.3 is 0 Å². The van der Waals surface area contributed by atoms with Crippen molar-refractivity contribution >= 4 is 0 Å². The predicted molar refractivity (Wildman–Crippen MR) is 57.6 cm³/mol. The van der Waals surface area contributed by atoms with Crippen LogP contribution in [-0.2, 0) is 6.42 Å². The van der Waals surface area contributed by atoms with E-state index in [4.69, 9.17) is 0 Å². The maximum Gasteiger partial charge on any atom is 0.0172 e. The first kappa shape index (κ1) is 9.85. The summed E-state index contributed by atoms with van der Waals surface area (Å²) in [4.78, 5) is 2.11. The van der Waals surface area contributed by atoms with Gasteiger partial charge in [0.05, 0.1) is 0 Å². The lowest BCUT2D eigenvalue weighted by atomic mass is 10.1. The molecule has 1 heteroatoms. The highest BCUT2D eigenvalue weighted by Crippen LogP contribution is 2.02. The molecule has 13 heavy (non-hydrogen) atoms. The fourth-order valence-electron chi connectivity index (χ4n) is 1.27. The van der Waals surface area contributed by atoms with Crippen molar-refractivity contribution < 1.29 is 0 Å². The molecule has 1 aromatic carbocycles. The van der Waals surface area contributed by atoms with Crippen LogP contribution >= 0.6 is 0 Å². The fraction of sp³-hybridized carbons (Fsp3) is 0.333. The van der Waals surface area contributed by atoms with Crippen molar-refractivity contribution in [3.63, 3.8) is 0 Å². The molecule has 0 N–H and O–H groups in total. The maximum absolute atomic E-state index is 3.71. The molecule has 0 aliphatic carbocycles. The maximum atomic E-state index is 3.71. The largest absolute Gasteiger partial charge is 0.381 e. The summed E-state index contributed by atoms with van der Waals surface area (Å²) >= 11 is 0. The molecule has 1 rings (SSSR count). The van der Waals surface area contributed by atoms with Gasteiger partial charge in [-0.25, -0.2) is 0 Å². The molecule has 0 radical (unpaired) electrons. The summed E-state index contributed by atoms with van der Waals surface area (Å²) in [5.41, 5.74) is 1.42. The Morgan fingerprint density at radius 2 is 2.00 bits per heavy atom. The molecule has 1 nitrogen and oxygen atoms in total. The first-order chi connectivity index (χ1) is 6.33. The van der Waals surface area contributed by atoms with E-state index in [-0.39, 0.29) is 0 Å². The zero-order valence-corrected chi connectivity index (χ0v) is 8.24. The summed E-state index contributed by atoms with van der Waals surface area (Å²) in [5.74, 6) is 0. The van der Waals surface area contributed by atoms with Crippen LogP contribution in [0.5, 0.6) is 0 Å². The summed E-state index contributed by atoms with van der Waals surface area (Å²) in [6.07, 6.45) is 4.20. The van der Waals surface area contributed by atoms with Crippen molar-refractivity contribution in [1.29, 1.82) is 0 Å². The van der Waals surface area contributed by atoms with E-state index >= 15 is 0 Å². The van der Waals surface area contributed by atoms with Crippen LogP contribution in [0.2, 0.25) is 0 Å². The quantitative estimate of drug-likeness (QED) is 0.665. The van der Waals surface area contributed by atoms with E-state index < -0.39 is 0 Å². The molecule has 0 amide bonds. The highest BCUT2D eigenvalue weighted by atomic mass is 15.1. The molecule has 0 fully saturated rings. The average molecular weight is 175 g/mol. The molecule has 70 valence electrons. The summed E-state index contributed by atoms with van der Waals surface area (Å²) < 4.78 is 0. The molecular weight excluding hydrogens is 158 g/mol. The molecule has 0 bridgehead atoms. The van der Waals surface area contributed by atoms with Gasteiger partial charge < -0.3 is 4.90 Å². The lowest BCUT2D eigenvalue weighted by Gasteiger charge is -2.12. The van der Waals surface area contributed by atoms with Gasteiger partial charge in [-0.3, -0.25) is 0 Å². The summed E-state index contributed by atoms with van der Waals surface area (Å²) in [6, 6.07) is 10.6. The van der Waals surface area contributed by atoms with Gasteiger partial charge in [0.1, 0.15) is 0 Å². The lowest BCUT2D eigenvalue weighted by Crippen LogP contribution is -2.12. The van der Waals surface area contributed by atoms with E-state index in [1.165, 1.54) is 12.0 Å². The van der Waals surface area contributed by atoms with Gasteiger partial charge in [0.25, 0.3) is 0 Å². The van der Waals surface area contributed by atoms with E-state index in [9.17, 15) is 0 Å². The zero-order valence-electron chi connectivity index (χ0n) is 8.24. The minimum atomic E-state index is 1.08. The third-order valence-electron chi connectivity index (χ3n) is 2.13. The summed E-state index contributed by atoms with van der Waals surface area (Å²) in [5, 5.41) is 0. The smallest absolute Gasteiger partial charge is 0.0172 e. The molecular formula is C12H17N. The number of rotatable bonds is 5.